The first-order valence-electron chi connectivity index (χ1n) is 6.92. The molecule has 0 unspecified atom stereocenters. The summed E-state index contributed by atoms with van der Waals surface area (Å²) in [5, 5.41) is 0. The Morgan fingerprint density at radius 3 is 2.53 bits per heavy atom. The lowest BCUT2D eigenvalue weighted by atomic mass is 9.99. The molecule has 1 aromatic carbocycles. The zero-order chi connectivity index (χ0) is 15.5. The van der Waals surface area contributed by atoms with Gasteiger partial charge in [-0.25, -0.2) is 4.79 Å². The summed E-state index contributed by atoms with van der Waals surface area (Å²) >= 11 is 0. The average Bonchev–Trinajstić information content (AvgIpc) is 2.46. The van der Waals surface area contributed by atoms with Crippen molar-refractivity contribution in [2.75, 3.05) is 11.9 Å². The number of benzene rings is 1. The number of anilines is 2. The van der Waals surface area contributed by atoms with Crippen LogP contribution in [-0.2, 0) is 20.5 Å². The number of rotatable bonds is 0. The molecule has 1 aromatic heterocycles. The molecule has 2 heterocycles. The number of nitrogens with zero attached hydrogens (tertiary/aromatic N) is 3. The van der Waals surface area contributed by atoms with Gasteiger partial charge < -0.3 is 4.90 Å². The molecule has 5 heteroatoms. The number of aromatic nitrogens is 2. The molecule has 0 bridgehead atoms. The van der Waals surface area contributed by atoms with Gasteiger partial charge in [-0.05, 0) is 11.6 Å². The lowest BCUT2D eigenvalue weighted by Crippen LogP contribution is -2.43. The van der Waals surface area contributed by atoms with Crippen molar-refractivity contribution in [3.63, 3.8) is 0 Å². The minimum Gasteiger partial charge on any atom is -0.330 e. The van der Waals surface area contributed by atoms with Gasteiger partial charge in [-0.1, -0.05) is 18.2 Å². The van der Waals surface area contributed by atoms with Gasteiger partial charge in [0, 0.05) is 35.9 Å². The van der Waals surface area contributed by atoms with Gasteiger partial charge >= 0.3 is 5.69 Å². The molecule has 0 aliphatic carbocycles. The Bertz CT molecular complexity index is 867. The predicted octanol–water partition coefficient (Wildman–Crippen LogP) is 0.756. The van der Waals surface area contributed by atoms with Crippen molar-refractivity contribution in [2.24, 2.45) is 14.1 Å². The lowest BCUT2D eigenvalue weighted by Gasteiger charge is -2.31. The average molecular weight is 259 g/mol. The molecule has 1 aliphatic heterocycles. The predicted molar refractivity (Wildman–Crippen MR) is 74.2 cm³/mol. The summed E-state index contributed by atoms with van der Waals surface area (Å²) in [5.74, 6) is 0.298. The van der Waals surface area contributed by atoms with Crippen molar-refractivity contribution in [1.82, 2.24) is 9.13 Å². The monoisotopic (exact) mass is 259 g/mol. The molecule has 2 aromatic rings. The fourth-order valence-electron chi connectivity index (χ4n) is 2.46. The van der Waals surface area contributed by atoms with E-state index >= 15 is 0 Å². The molecule has 0 atom stereocenters. The van der Waals surface area contributed by atoms with Crippen LogP contribution in [-0.4, -0.2) is 16.2 Å². The van der Waals surface area contributed by atoms with Crippen LogP contribution >= 0.6 is 0 Å². The van der Waals surface area contributed by atoms with E-state index in [0.717, 1.165) is 4.57 Å². The summed E-state index contributed by atoms with van der Waals surface area (Å²) in [7, 11) is 4.63. The lowest BCUT2D eigenvalue weighted by molar-refractivity contribution is 0.666. The van der Waals surface area contributed by atoms with E-state index in [1.807, 2.05) is 0 Å². The second kappa shape index (κ2) is 3.85. The van der Waals surface area contributed by atoms with E-state index < -0.39 is 17.6 Å². The highest BCUT2D eigenvalue weighted by Crippen LogP contribution is 2.34. The van der Waals surface area contributed by atoms with E-state index in [2.05, 4.69) is 0 Å². The molecule has 0 saturated heterocycles. The van der Waals surface area contributed by atoms with Crippen molar-refractivity contribution >= 4 is 11.5 Å². The molecule has 0 spiro atoms. The van der Waals surface area contributed by atoms with E-state index in [4.69, 9.17) is 2.74 Å². The highest BCUT2D eigenvalue weighted by Gasteiger charge is 2.25. The fourth-order valence-corrected chi connectivity index (χ4v) is 2.46. The Morgan fingerprint density at radius 1 is 1.11 bits per heavy atom. The third-order valence-electron chi connectivity index (χ3n) is 3.48. The van der Waals surface area contributed by atoms with Crippen LogP contribution < -0.4 is 16.1 Å². The highest BCUT2D eigenvalue weighted by molar-refractivity contribution is 5.70. The van der Waals surface area contributed by atoms with Gasteiger partial charge in [0.1, 0.15) is 5.82 Å². The van der Waals surface area contributed by atoms with E-state index in [1.165, 1.54) is 11.6 Å². The quantitative estimate of drug-likeness (QED) is 0.701. The maximum Gasteiger partial charge on any atom is 0.332 e. The van der Waals surface area contributed by atoms with Crippen molar-refractivity contribution in [3.8, 4) is 0 Å². The number of hydrogen-bond acceptors (Lipinski definition) is 3. The van der Waals surface area contributed by atoms with Crippen LogP contribution in [0.1, 0.15) is 13.9 Å². The molecule has 0 N–H and O–H groups in total. The molecule has 19 heavy (non-hydrogen) atoms. The molecule has 0 amide bonds. The third kappa shape index (κ3) is 1.47. The molecule has 3 rings (SSSR count). The van der Waals surface area contributed by atoms with Gasteiger partial charge in [0.2, 0.25) is 0 Å². The summed E-state index contributed by atoms with van der Waals surface area (Å²) in [6.45, 7) is 0. The molecular formula is C14H15N3O2. The number of fused-ring (bicyclic) bond motifs is 2. The van der Waals surface area contributed by atoms with E-state index in [1.54, 1.807) is 43.3 Å². The Morgan fingerprint density at radius 2 is 1.79 bits per heavy atom. The molecule has 0 saturated carbocycles. The number of para-hydroxylation sites is 1. The Labute approximate surface area is 113 Å². The molecule has 0 fully saturated rings. The van der Waals surface area contributed by atoms with Crippen molar-refractivity contribution in [2.45, 2.75) is 6.37 Å². The minimum atomic E-state index is -1.95. The highest BCUT2D eigenvalue weighted by atomic mass is 16.2. The zero-order valence-electron chi connectivity index (χ0n) is 13.0. The van der Waals surface area contributed by atoms with Gasteiger partial charge in [-0.15, -0.1) is 0 Å². The van der Waals surface area contributed by atoms with Gasteiger partial charge in [-0.2, -0.15) is 0 Å². The van der Waals surface area contributed by atoms with E-state index in [0.29, 0.717) is 17.1 Å². The Balaban J connectivity index is 2.53. The molecular weight excluding hydrogens is 242 g/mol. The summed E-state index contributed by atoms with van der Waals surface area (Å²) in [6.07, 6.45) is -1.95. The second-order valence-electron chi connectivity index (χ2n) is 4.61. The van der Waals surface area contributed by atoms with Gasteiger partial charge in [0.15, 0.2) is 0 Å². The minimum absolute atomic E-state index is 0.00620. The standard InChI is InChI=1S/C14H15N3O2/c1-15-11-7-5-4-6-9(11)8-10-12(15)16(2)14(19)17(3)13(10)18/h4-7H,8H2,1-3H3/i8D2. The van der Waals surface area contributed by atoms with Gasteiger partial charge in [-0.3, -0.25) is 13.9 Å². The fraction of sp³-hybridized carbons (Fsp3) is 0.286. The third-order valence-corrected chi connectivity index (χ3v) is 3.48. The Hall–Kier alpha value is -2.30. The topological polar surface area (TPSA) is 47.2 Å². The summed E-state index contributed by atoms with van der Waals surface area (Å²) in [6, 6.07) is 6.98. The largest absolute Gasteiger partial charge is 0.332 e. The first-order chi connectivity index (χ1) is 9.78. The SMILES string of the molecule is [2H]C1([2H])c2ccccc2N(C)c2c1c(=O)n(C)c(=O)n2C. The van der Waals surface area contributed by atoms with Gasteiger partial charge in [0.05, 0.1) is 5.56 Å². The molecule has 98 valence electrons. The second-order valence-corrected chi connectivity index (χ2v) is 4.61. The van der Waals surface area contributed by atoms with Gasteiger partial charge in [0.25, 0.3) is 5.56 Å². The van der Waals surface area contributed by atoms with E-state index in [9.17, 15) is 9.59 Å². The van der Waals surface area contributed by atoms with Crippen LogP contribution in [0.25, 0.3) is 0 Å². The van der Waals surface area contributed by atoms with Crippen LogP contribution in [0, 0.1) is 0 Å². The van der Waals surface area contributed by atoms with Crippen LogP contribution in [0.15, 0.2) is 33.9 Å². The van der Waals surface area contributed by atoms with Crippen molar-refractivity contribution < 1.29 is 2.74 Å². The van der Waals surface area contributed by atoms with Crippen LogP contribution in [0.5, 0.6) is 0 Å². The van der Waals surface area contributed by atoms with Crippen molar-refractivity contribution in [3.05, 3.63) is 56.2 Å². The van der Waals surface area contributed by atoms with Crippen LogP contribution in [0.3, 0.4) is 0 Å². The Kier molecular flexibility index (Phi) is 1.94. The van der Waals surface area contributed by atoms with Crippen LogP contribution in [0.2, 0.25) is 0 Å². The maximum atomic E-state index is 12.4. The summed E-state index contributed by atoms with van der Waals surface area (Å²) < 4.78 is 19.0. The number of hydrogen-bond donors (Lipinski definition) is 0. The molecule has 5 nitrogen and oxygen atoms in total. The first kappa shape index (κ1) is 9.61. The smallest absolute Gasteiger partial charge is 0.330 e. The first-order valence-corrected chi connectivity index (χ1v) is 5.92. The summed E-state index contributed by atoms with van der Waals surface area (Å²) in [4.78, 5) is 26.2. The van der Waals surface area contributed by atoms with E-state index in [-0.39, 0.29) is 5.56 Å². The normalized spacial score (nSPS) is 17.3. The molecule has 0 radical (unpaired) electrons. The maximum absolute atomic E-state index is 12.4. The zero-order valence-corrected chi connectivity index (χ0v) is 11.0. The van der Waals surface area contributed by atoms with Crippen molar-refractivity contribution in [1.29, 1.82) is 0 Å². The summed E-state index contributed by atoms with van der Waals surface area (Å²) in [5.41, 5.74) is 0.00235. The van der Waals surface area contributed by atoms with Crippen LogP contribution in [0.4, 0.5) is 11.5 Å². The molecule has 1 aliphatic rings.